The summed E-state index contributed by atoms with van der Waals surface area (Å²) in [5.41, 5.74) is 0.402. The molecule has 0 spiro atoms. The van der Waals surface area contributed by atoms with Gasteiger partial charge in [0.15, 0.2) is 6.10 Å². The number of amides is 2. The van der Waals surface area contributed by atoms with E-state index in [0.29, 0.717) is 11.4 Å². The van der Waals surface area contributed by atoms with Crippen molar-refractivity contribution >= 4 is 29.1 Å². The Bertz CT molecular complexity index is 777. The maximum atomic E-state index is 13.7. The van der Waals surface area contributed by atoms with Crippen molar-refractivity contribution in [3.8, 4) is 5.75 Å². The summed E-state index contributed by atoms with van der Waals surface area (Å²) in [4.78, 5) is 24.0. The van der Waals surface area contributed by atoms with Crippen LogP contribution in [-0.2, 0) is 4.79 Å². The third-order valence-electron chi connectivity index (χ3n) is 3.59. The van der Waals surface area contributed by atoms with E-state index in [0.717, 1.165) is 6.07 Å². The summed E-state index contributed by atoms with van der Waals surface area (Å²) in [5.74, 6) is -1.03. The average molecular weight is 349 g/mol. The lowest BCUT2D eigenvalue weighted by atomic mass is 10.1. The zero-order chi connectivity index (χ0) is 17.1. The predicted octanol–water partition coefficient (Wildman–Crippen LogP) is 3.00. The van der Waals surface area contributed by atoms with Crippen LogP contribution in [-0.4, -0.2) is 24.5 Å². The number of fused-ring (bicyclic) bond motifs is 1. The fourth-order valence-electron chi connectivity index (χ4n) is 2.40. The highest BCUT2D eigenvalue weighted by atomic mass is 35.5. The Kier molecular flexibility index (Phi) is 4.66. The molecule has 1 aliphatic rings. The molecule has 1 aliphatic heterocycles. The molecule has 124 valence electrons. The minimum Gasteiger partial charge on any atom is -0.478 e. The Balaban J connectivity index is 1.59. The van der Waals surface area contributed by atoms with Gasteiger partial charge in [0.1, 0.15) is 11.6 Å². The molecule has 2 aromatic rings. The lowest BCUT2D eigenvalue weighted by molar-refractivity contribution is -0.123. The summed E-state index contributed by atoms with van der Waals surface area (Å²) in [6.45, 7) is 0.143. The smallest absolute Gasteiger partial charge is 0.265 e. The number of ether oxygens (including phenoxy) is 1. The zero-order valence-electron chi connectivity index (χ0n) is 12.5. The minimum absolute atomic E-state index is 0.0353. The number of nitrogens with one attached hydrogen (secondary N) is 2. The van der Waals surface area contributed by atoms with Gasteiger partial charge < -0.3 is 15.4 Å². The number of rotatable bonds is 4. The molecular weight excluding hydrogens is 335 g/mol. The first-order valence-corrected chi connectivity index (χ1v) is 7.73. The fourth-order valence-corrected chi connectivity index (χ4v) is 2.65. The van der Waals surface area contributed by atoms with Gasteiger partial charge in [-0.25, -0.2) is 4.39 Å². The van der Waals surface area contributed by atoms with Crippen molar-refractivity contribution in [2.24, 2.45) is 0 Å². The molecule has 0 bridgehead atoms. The average Bonchev–Trinajstić information content (AvgIpc) is 2.55. The van der Waals surface area contributed by atoms with Crippen LogP contribution >= 0.6 is 11.6 Å². The number of halogens is 2. The van der Waals surface area contributed by atoms with Crippen LogP contribution in [0.2, 0.25) is 5.02 Å². The first-order chi connectivity index (χ1) is 11.6. The molecule has 0 radical (unpaired) electrons. The van der Waals surface area contributed by atoms with Gasteiger partial charge in [-0.15, -0.1) is 0 Å². The van der Waals surface area contributed by atoms with E-state index in [4.69, 9.17) is 16.3 Å². The number of hydrogen-bond donors (Lipinski definition) is 2. The maximum Gasteiger partial charge on any atom is 0.265 e. The van der Waals surface area contributed by atoms with E-state index in [1.165, 1.54) is 12.1 Å². The molecule has 5 nitrogen and oxygen atoms in total. The van der Waals surface area contributed by atoms with Crippen LogP contribution in [0, 0.1) is 5.82 Å². The second-order valence-electron chi connectivity index (χ2n) is 5.23. The number of hydrogen-bond acceptors (Lipinski definition) is 3. The van der Waals surface area contributed by atoms with Gasteiger partial charge in [0.25, 0.3) is 11.8 Å². The van der Waals surface area contributed by atoms with E-state index < -0.39 is 17.8 Å². The second kappa shape index (κ2) is 6.88. The van der Waals surface area contributed by atoms with Crippen molar-refractivity contribution in [1.82, 2.24) is 5.32 Å². The van der Waals surface area contributed by atoms with Crippen molar-refractivity contribution in [2.45, 2.75) is 12.5 Å². The van der Waals surface area contributed by atoms with Crippen LogP contribution in [0.15, 0.2) is 42.5 Å². The van der Waals surface area contributed by atoms with Gasteiger partial charge >= 0.3 is 0 Å². The maximum absolute atomic E-state index is 13.7. The van der Waals surface area contributed by atoms with Crippen LogP contribution in [0.4, 0.5) is 10.1 Å². The molecule has 1 unspecified atom stereocenters. The van der Waals surface area contributed by atoms with Crippen LogP contribution in [0.1, 0.15) is 16.8 Å². The van der Waals surface area contributed by atoms with Crippen LogP contribution < -0.4 is 15.4 Å². The summed E-state index contributed by atoms with van der Waals surface area (Å²) in [6, 6.07) is 11.1. The van der Waals surface area contributed by atoms with Gasteiger partial charge in [-0.3, -0.25) is 9.59 Å². The van der Waals surface area contributed by atoms with Gasteiger partial charge in [0.2, 0.25) is 0 Å². The molecule has 1 atom stereocenters. The highest BCUT2D eigenvalue weighted by Crippen LogP contribution is 2.29. The van der Waals surface area contributed by atoms with Gasteiger partial charge in [-0.1, -0.05) is 29.8 Å². The number of carbonyl (C=O) groups is 2. The summed E-state index contributed by atoms with van der Waals surface area (Å²) >= 11 is 5.84. The highest BCUT2D eigenvalue weighted by Gasteiger charge is 2.27. The lowest BCUT2D eigenvalue weighted by Crippen LogP contribution is -2.39. The highest BCUT2D eigenvalue weighted by molar-refractivity contribution is 6.33. The van der Waals surface area contributed by atoms with Crippen LogP contribution in [0.3, 0.4) is 0 Å². The largest absolute Gasteiger partial charge is 0.478 e. The standard InChI is InChI=1S/C17H14ClFN2O3/c18-10-4-3-5-11(19)15(10)17(23)20-9-8-14-16(22)21-12-6-1-2-7-13(12)24-14/h1-7,14H,8-9H2,(H,20,23)(H,21,22). The van der Waals surface area contributed by atoms with E-state index in [1.807, 2.05) is 0 Å². The summed E-state index contributed by atoms with van der Waals surface area (Å²) in [7, 11) is 0. The third kappa shape index (κ3) is 3.33. The molecule has 3 rings (SSSR count). The van der Waals surface area contributed by atoms with Crippen molar-refractivity contribution in [3.63, 3.8) is 0 Å². The first-order valence-electron chi connectivity index (χ1n) is 7.35. The molecule has 1 heterocycles. The molecule has 2 aromatic carbocycles. The van der Waals surface area contributed by atoms with E-state index in [9.17, 15) is 14.0 Å². The molecule has 0 saturated heterocycles. The van der Waals surface area contributed by atoms with Gasteiger partial charge in [-0.2, -0.15) is 0 Å². The lowest BCUT2D eigenvalue weighted by Gasteiger charge is -2.25. The van der Waals surface area contributed by atoms with E-state index in [2.05, 4.69) is 10.6 Å². The number of para-hydroxylation sites is 2. The Morgan fingerprint density at radius 3 is 2.83 bits per heavy atom. The van der Waals surface area contributed by atoms with E-state index in [-0.39, 0.29) is 29.5 Å². The number of benzene rings is 2. The van der Waals surface area contributed by atoms with Gasteiger partial charge in [0.05, 0.1) is 16.3 Å². The molecule has 0 saturated carbocycles. The Labute approximate surface area is 142 Å². The zero-order valence-corrected chi connectivity index (χ0v) is 13.3. The Morgan fingerprint density at radius 2 is 2.04 bits per heavy atom. The second-order valence-corrected chi connectivity index (χ2v) is 5.64. The molecule has 2 N–H and O–H groups in total. The molecule has 0 aliphatic carbocycles. The Morgan fingerprint density at radius 1 is 1.25 bits per heavy atom. The first kappa shape index (κ1) is 16.3. The summed E-state index contributed by atoms with van der Waals surface area (Å²) in [5, 5.41) is 5.32. The summed E-state index contributed by atoms with van der Waals surface area (Å²) in [6.07, 6.45) is -0.478. The number of anilines is 1. The van der Waals surface area contributed by atoms with Crippen molar-refractivity contribution in [2.75, 3.05) is 11.9 Å². The predicted molar refractivity (Wildman–Crippen MR) is 87.8 cm³/mol. The van der Waals surface area contributed by atoms with Crippen molar-refractivity contribution < 1.29 is 18.7 Å². The van der Waals surface area contributed by atoms with Crippen molar-refractivity contribution in [3.05, 3.63) is 58.9 Å². The SMILES string of the molecule is O=C(NCCC1Oc2ccccc2NC1=O)c1c(F)cccc1Cl. The van der Waals surface area contributed by atoms with Crippen LogP contribution in [0.5, 0.6) is 5.75 Å². The monoisotopic (exact) mass is 348 g/mol. The van der Waals surface area contributed by atoms with Gasteiger partial charge in [0, 0.05) is 13.0 Å². The van der Waals surface area contributed by atoms with Gasteiger partial charge in [-0.05, 0) is 24.3 Å². The molecular formula is C17H14ClFN2O3. The number of carbonyl (C=O) groups excluding carboxylic acids is 2. The topological polar surface area (TPSA) is 67.4 Å². The molecule has 0 fully saturated rings. The minimum atomic E-state index is -0.726. The quantitative estimate of drug-likeness (QED) is 0.892. The molecule has 0 aromatic heterocycles. The normalized spacial score (nSPS) is 15.9. The molecule has 24 heavy (non-hydrogen) atoms. The van der Waals surface area contributed by atoms with Crippen LogP contribution in [0.25, 0.3) is 0 Å². The molecule has 7 heteroatoms. The Hall–Kier alpha value is -2.60. The van der Waals surface area contributed by atoms with Crippen molar-refractivity contribution in [1.29, 1.82) is 0 Å². The third-order valence-corrected chi connectivity index (χ3v) is 3.90. The summed E-state index contributed by atoms with van der Waals surface area (Å²) < 4.78 is 19.3. The molecule has 2 amide bonds. The van der Waals surface area contributed by atoms with E-state index >= 15 is 0 Å². The fraction of sp³-hybridized carbons (Fsp3) is 0.176. The van der Waals surface area contributed by atoms with E-state index in [1.54, 1.807) is 24.3 Å².